The van der Waals surface area contributed by atoms with Crippen LogP contribution in [0.25, 0.3) is 0 Å². The van der Waals surface area contributed by atoms with E-state index in [4.69, 9.17) is 11.6 Å². The highest BCUT2D eigenvalue weighted by molar-refractivity contribution is 6.31. The summed E-state index contributed by atoms with van der Waals surface area (Å²) in [5.41, 5.74) is 1.20. The SMILES string of the molecule is CCN1CCCC(O)(Cc2c(Cl)c(C)nn2CC)CC1. The first kappa shape index (κ1) is 15.8. The quantitative estimate of drug-likeness (QED) is 0.929. The summed E-state index contributed by atoms with van der Waals surface area (Å²) >= 11 is 6.37. The number of aliphatic hydroxyl groups is 1. The second-order valence-corrected chi connectivity index (χ2v) is 6.23. The van der Waals surface area contributed by atoms with Gasteiger partial charge in [-0.2, -0.15) is 5.10 Å². The number of nitrogens with zero attached hydrogens (tertiary/aromatic N) is 3. The van der Waals surface area contributed by atoms with Crippen LogP contribution in [0.5, 0.6) is 0 Å². The third-order valence-electron chi connectivity index (χ3n) is 4.41. The summed E-state index contributed by atoms with van der Waals surface area (Å²) in [5, 5.41) is 16.1. The zero-order valence-electron chi connectivity index (χ0n) is 12.8. The number of aromatic nitrogens is 2. The van der Waals surface area contributed by atoms with E-state index in [0.717, 1.165) is 61.9 Å². The van der Waals surface area contributed by atoms with Crippen molar-refractivity contribution in [2.45, 2.75) is 58.6 Å². The van der Waals surface area contributed by atoms with Crippen LogP contribution in [-0.4, -0.2) is 45.0 Å². The van der Waals surface area contributed by atoms with E-state index in [1.54, 1.807) is 0 Å². The van der Waals surface area contributed by atoms with Gasteiger partial charge in [0.05, 0.1) is 22.0 Å². The molecule has 1 N–H and O–H groups in total. The van der Waals surface area contributed by atoms with Gasteiger partial charge in [-0.1, -0.05) is 18.5 Å². The van der Waals surface area contributed by atoms with E-state index < -0.39 is 5.60 Å². The molecule has 2 rings (SSSR count). The highest BCUT2D eigenvalue weighted by atomic mass is 35.5. The Labute approximate surface area is 126 Å². The fraction of sp³-hybridized carbons (Fsp3) is 0.800. The van der Waals surface area contributed by atoms with Gasteiger partial charge >= 0.3 is 0 Å². The van der Waals surface area contributed by atoms with Crippen molar-refractivity contribution in [3.05, 3.63) is 16.4 Å². The highest BCUT2D eigenvalue weighted by Gasteiger charge is 2.32. The maximum atomic E-state index is 10.9. The number of halogens is 1. The van der Waals surface area contributed by atoms with Crippen molar-refractivity contribution in [2.24, 2.45) is 0 Å². The van der Waals surface area contributed by atoms with Gasteiger partial charge in [-0.25, -0.2) is 0 Å². The molecule has 0 bridgehead atoms. The summed E-state index contributed by atoms with van der Waals surface area (Å²) in [7, 11) is 0. The van der Waals surface area contributed by atoms with Crippen molar-refractivity contribution in [3.8, 4) is 0 Å². The van der Waals surface area contributed by atoms with Crippen LogP contribution in [0, 0.1) is 6.92 Å². The number of hydrogen-bond donors (Lipinski definition) is 1. The molecule has 0 radical (unpaired) electrons. The van der Waals surface area contributed by atoms with Gasteiger partial charge in [-0.05, 0) is 46.2 Å². The Morgan fingerprint density at radius 1 is 1.25 bits per heavy atom. The van der Waals surface area contributed by atoms with E-state index in [2.05, 4.69) is 23.8 Å². The second kappa shape index (κ2) is 6.46. The van der Waals surface area contributed by atoms with E-state index in [1.165, 1.54) is 0 Å². The summed E-state index contributed by atoms with van der Waals surface area (Å²) < 4.78 is 1.93. The van der Waals surface area contributed by atoms with E-state index >= 15 is 0 Å². The minimum absolute atomic E-state index is 0.609. The molecular weight excluding hydrogens is 274 g/mol. The number of hydrogen-bond acceptors (Lipinski definition) is 3. The van der Waals surface area contributed by atoms with Gasteiger partial charge in [0.2, 0.25) is 0 Å². The molecule has 1 unspecified atom stereocenters. The monoisotopic (exact) mass is 299 g/mol. The Morgan fingerprint density at radius 2 is 2.00 bits per heavy atom. The molecule has 2 heterocycles. The molecule has 1 aliphatic rings. The minimum atomic E-state index is -0.646. The third kappa shape index (κ3) is 3.35. The predicted octanol–water partition coefficient (Wildman–Crippen LogP) is 2.64. The summed E-state index contributed by atoms with van der Waals surface area (Å²) in [5.74, 6) is 0. The second-order valence-electron chi connectivity index (χ2n) is 5.85. The van der Waals surface area contributed by atoms with E-state index in [-0.39, 0.29) is 0 Å². The smallest absolute Gasteiger partial charge is 0.0848 e. The van der Waals surface area contributed by atoms with Crippen molar-refractivity contribution in [1.82, 2.24) is 14.7 Å². The van der Waals surface area contributed by atoms with Crippen LogP contribution >= 0.6 is 11.6 Å². The van der Waals surface area contributed by atoms with Crippen LogP contribution in [0.15, 0.2) is 0 Å². The normalized spacial score (nSPS) is 24.9. The van der Waals surface area contributed by atoms with Crippen LogP contribution in [0.1, 0.15) is 44.5 Å². The van der Waals surface area contributed by atoms with Crippen LogP contribution < -0.4 is 0 Å². The Balaban J connectivity index is 2.16. The topological polar surface area (TPSA) is 41.3 Å². The van der Waals surface area contributed by atoms with Crippen LogP contribution in [0.2, 0.25) is 5.02 Å². The standard InChI is InChI=1S/C15H26ClN3O/c1-4-18-9-6-7-15(20,8-10-18)11-13-14(16)12(3)17-19(13)5-2/h20H,4-11H2,1-3H3. The highest BCUT2D eigenvalue weighted by Crippen LogP contribution is 2.30. The van der Waals surface area contributed by atoms with Gasteiger partial charge in [-0.3, -0.25) is 4.68 Å². The Morgan fingerprint density at radius 3 is 2.65 bits per heavy atom. The molecule has 1 aromatic heterocycles. The average molecular weight is 300 g/mol. The lowest BCUT2D eigenvalue weighted by Gasteiger charge is -2.27. The van der Waals surface area contributed by atoms with Crippen molar-refractivity contribution in [2.75, 3.05) is 19.6 Å². The van der Waals surface area contributed by atoms with E-state index in [0.29, 0.717) is 6.42 Å². The molecule has 1 fully saturated rings. The summed E-state index contributed by atoms with van der Waals surface area (Å²) in [6, 6.07) is 0. The molecule has 0 spiro atoms. The molecule has 1 saturated heterocycles. The molecule has 1 aromatic rings. The molecule has 0 aromatic carbocycles. The van der Waals surface area contributed by atoms with Crippen LogP contribution in [0.4, 0.5) is 0 Å². The minimum Gasteiger partial charge on any atom is -0.389 e. The molecule has 0 saturated carbocycles. The first-order valence-electron chi connectivity index (χ1n) is 7.65. The van der Waals surface area contributed by atoms with Gasteiger partial charge < -0.3 is 10.0 Å². The maximum absolute atomic E-state index is 10.9. The summed E-state index contributed by atoms with van der Waals surface area (Å²) in [6.45, 7) is 10.1. The van der Waals surface area contributed by atoms with Crippen molar-refractivity contribution >= 4 is 11.6 Å². The van der Waals surface area contributed by atoms with Gasteiger partial charge in [0.25, 0.3) is 0 Å². The largest absolute Gasteiger partial charge is 0.389 e. The lowest BCUT2D eigenvalue weighted by Crippen LogP contribution is -2.34. The molecule has 114 valence electrons. The summed E-state index contributed by atoms with van der Waals surface area (Å²) in [4.78, 5) is 2.40. The van der Waals surface area contributed by atoms with Crippen LogP contribution in [-0.2, 0) is 13.0 Å². The third-order valence-corrected chi connectivity index (χ3v) is 4.90. The zero-order valence-corrected chi connectivity index (χ0v) is 13.6. The molecule has 1 aliphatic heterocycles. The predicted molar refractivity (Wildman–Crippen MR) is 82.3 cm³/mol. The average Bonchev–Trinajstić information content (AvgIpc) is 2.61. The molecule has 0 aliphatic carbocycles. The number of rotatable bonds is 4. The van der Waals surface area contributed by atoms with Gasteiger partial charge in [0.15, 0.2) is 0 Å². The first-order chi connectivity index (χ1) is 9.49. The lowest BCUT2D eigenvalue weighted by molar-refractivity contribution is 0.0240. The van der Waals surface area contributed by atoms with Crippen molar-refractivity contribution < 1.29 is 5.11 Å². The molecule has 0 amide bonds. The Hall–Kier alpha value is -0.580. The summed E-state index contributed by atoms with van der Waals surface area (Å²) in [6.07, 6.45) is 3.30. The molecule has 5 heteroatoms. The molecule has 4 nitrogen and oxygen atoms in total. The van der Waals surface area contributed by atoms with Crippen LogP contribution in [0.3, 0.4) is 0 Å². The van der Waals surface area contributed by atoms with Gasteiger partial charge in [0.1, 0.15) is 0 Å². The molecule has 20 heavy (non-hydrogen) atoms. The Kier molecular flexibility index (Phi) is 5.10. The van der Waals surface area contributed by atoms with E-state index in [9.17, 15) is 5.11 Å². The zero-order chi connectivity index (χ0) is 14.8. The Bertz CT molecular complexity index is 460. The molecule has 1 atom stereocenters. The number of aryl methyl sites for hydroxylation is 2. The van der Waals surface area contributed by atoms with Crippen molar-refractivity contribution in [3.63, 3.8) is 0 Å². The number of likely N-dealkylation sites (tertiary alicyclic amines) is 1. The fourth-order valence-electron chi connectivity index (χ4n) is 3.08. The maximum Gasteiger partial charge on any atom is 0.0848 e. The molecular formula is C15H26ClN3O. The first-order valence-corrected chi connectivity index (χ1v) is 8.03. The van der Waals surface area contributed by atoms with Crippen molar-refractivity contribution in [1.29, 1.82) is 0 Å². The van der Waals surface area contributed by atoms with E-state index in [1.807, 2.05) is 11.6 Å². The van der Waals surface area contributed by atoms with Gasteiger partial charge in [-0.15, -0.1) is 0 Å². The fourth-order valence-corrected chi connectivity index (χ4v) is 3.28. The lowest BCUT2D eigenvalue weighted by atomic mass is 9.89. The van der Waals surface area contributed by atoms with Gasteiger partial charge in [0, 0.05) is 19.5 Å².